The van der Waals surface area contributed by atoms with E-state index in [1.165, 1.54) is 0 Å². The van der Waals surface area contributed by atoms with Crippen LogP contribution in [0, 0.1) is 0 Å². The number of carbonyl (C=O) groups excluding carboxylic acids is 2. The first-order valence-electron chi connectivity index (χ1n) is 7.01. The van der Waals surface area contributed by atoms with Crippen molar-refractivity contribution in [3.05, 3.63) is 34.3 Å². The Hall–Kier alpha value is -1.25. The number of ketones is 1. The predicted molar refractivity (Wildman–Crippen MR) is 90.3 cm³/mol. The molecule has 0 fully saturated rings. The van der Waals surface area contributed by atoms with Gasteiger partial charge in [0, 0.05) is 10.9 Å². The number of halogens is 1. The summed E-state index contributed by atoms with van der Waals surface area (Å²) in [6.45, 7) is 3.39. The monoisotopic (exact) mass is 405 g/mol. The number of sulfonamides is 1. The van der Waals surface area contributed by atoms with Gasteiger partial charge in [0.1, 0.15) is 12.2 Å². The second kappa shape index (κ2) is 8.56. The van der Waals surface area contributed by atoms with Crippen LogP contribution >= 0.6 is 15.9 Å². The molecule has 1 rings (SSSR count). The van der Waals surface area contributed by atoms with Crippen molar-refractivity contribution in [2.75, 3.05) is 6.26 Å². The largest absolute Gasteiger partial charge is 0.463 e. The van der Waals surface area contributed by atoms with Crippen molar-refractivity contribution in [3.8, 4) is 0 Å². The zero-order valence-electron chi connectivity index (χ0n) is 13.2. The quantitative estimate of drug-likeness (QED) is 0.529. The van der Waals surface area contributed by atoms with Crippen LogP contribution < -0.4 is 4.72 Å². The number of hydrogen-bond acceptors (Lipinski definition) is 5. The van der Waals surface area contributed by atoms with E-state index in [4.69, 9.17) is 4.74 Å². The lowest BCUT2D eigenvalue weighted by Gasteiger charge is -2.17. The average Bonchev–Trinajstić information content (AvgIpc) is 2.35. The van der Waals surface area contributed by atoms with Gasteiger partial charge in [-0.2, -0.15) is 0 Å². The number of hydrogen-bond donors (Lipinski definition) is 1. The van der Waals surface area contributed by atoms with Crippen molar-refractivity contribution in [1.82, 2.24) is 4.72 Å². The normalized spacial score (nSPS) is 12.9. The molecule has 128 valence electrons. The maximum atomic E-state index is 12.0. The van der Waals surface area contributed by atoms with Crippen LogP contribution in [-0.4, -0.2) is 32.5 Å². The second-order valence-corrected chi connectivity index (χ2v) is 8.15. The van der Waals surface area contributed by atoms with Gasteiger partial charge in [0.2, 0.25) is 10.0 Å². The molecule has 0 aromatic heterocycles. The van der Waals surface area contributed by atoms with Crippen LogP contribution in [0.5, 0.6) is 0 Å². The second-order valence-electron chi connectivity index (χ2n) is 5.45. The minimum absolute atomic E-state index is 0.123. The minimum atomic E-state index is -3.50. The predicted octanol–water partition coefficient (Wildman–Crippen LogP) is 2.34. The summed E-state index contributed by atoms with van der Waals surface area (Å²) in [5.41, 5.74) is 0.643. The third-order valence-corrected chi connectivity index (χ3v) is 4.01. The van der Waals surface area contributed by atoms with Gasteiger partial charge in [0.05, 0.1) is 18.4 Å². The van der Waals surface area contributed by atoms with Gasteiger partial charge in [-0.1, -0.05) is 28.1 Å². The zero-order chi connectivity index (χ0) is 17.6. The van der Waals surface area contributed by atoms with Gasteiger partial charge < -0.3 is 4.74 Å². The van der Waals surface area contributed by atoms with E-state index in [1.54, 1.807) is 38.1 Å². The van der Waals surface area contributed by atoms with E-state index < -0.39 is 22.0 Å². The van der Waals surface area contributed by atoms with Crippen LogP contribution in [0.1, 0.15) is 38.3 Å². The molecule has 0 spiro atoms. The SMILES string of the molecule is CC(C)OC(=O)CC(=O)CC(NS(C)(=O)=O)c1ccc(Br)cc1. The van der Waals surface area contributed by atoms with Crippen LogP contribution in [0.15, 0.2) is 28.7 Å². The molecule has 0 aliphatic heterocycles. The lowest BCUT2D eigenvalue weighted by atomic mass is 10.0. The Morgan fingerprint density at radius 1 is 1.22 bits per heavy atom. The van der Waals surface area contributed by atoms with Gasteiger partial charge in [0.15, 0.2) is 0 Å². The highest BCUT2D eigenvalue weighted by Crippen LogP contribution is 2.21. The van der Waals surface area contributed by atoms with E-state index in [0.717, 1.165) is 10.7 Å². The Morgan fingerprint density at radius 2 is 1.78 bits per heavy atom. The van der Waals surface area contributed by atoms with Gasteiger partial charge in [-0.15, -0.1) is 0 Å². The van der Waals surface area contributed by atoms with Crippen molar-refractivity contribution in [3.63, 3.8) is 0 Å². The summed E-state index contributed by atoms with van der Waals surface area (Å²) in [5.74, 6) is -1.00. The smallest absolute Gasteiger partial charge is 0.313 e. The van der Waals surface area contributed by atoms with Crippen LogP contribution in [0.4, 0.5) is 0 Å². The fourth-order valence-electron chi connectivity index (χ4n) is 1.95. The highest BCUT2D eigenvalue weighted by molar-refractivity contribution is 9.10. The highest BCUT2D eigenvalue weighted by Gasteiger charge is 2.22. The minimum Gasteiger partial charge on any atom is -0.463 e. The van der Waals surface area contributed by atoms with E-state index in [0.29, 0.717) is 5.56 Å². The Kier molecular flexibility index (Phi) is 7.37. The number of rotatable bonds is 8. The standard InChI is InChI=1S/C15H20BrNO5S/c1-10(2)22-15(19)9-13(18)8-14(17-23(3,20)21)11-4-6-12(16)7-5-11/h4-7,10,14,17H,8-9H2,1-3H3. The molecule has 1 aromatic rings. The van der Waals surface area contributed by atoms with E-state index in [1.807, 2.05) is 0 Å². The number of esters is 1. The summed E-state index contributed by atoms with van der Waals surface area (Å²) in [7, 11) is -3.50. The van der Waals surface area contributed by atoms with E-state index >= 15 is 0 Å². The van der Waals surface area contributed by atoms with E-state index in [-0.39, 0.29) is 24.7 Å². The number of nitrogens with one attached hydrogen (secondary N) is 1. The van der Waals surface area contributed by atoms with Crippen molar-refractivity contribution >= 4 is 37.7 Å². The summed E-state index contributed by atoms with van der Waals surface area (Å²) in [5, 5.41) is 0. The molecule has 23 heavy (non-hydrogen) atoms. The molecule has 0 heterocycles. The molecule has 0 saturated carbocycles. The third kappa shape index (κ3) is 8.24. The molecule has 8 heteroatoms. The first-order chi connectivity index (χ1) is 10.6. The Balaban J connectivity index is 2.83. The lowest BCUT2D eigenvalue weighted by molar-refractivity contribution is -0.149. The number of carbonyl (C=O) groups is 2. The molecule has 1 unspecified atom stereocenters. The molecule has 0 amide bonds. The van der Waals surface area contributed by atoms with E-state index in [2.05, 4.69) is 20.7 Å². The summed E-state index contributed by atoms with van der Waals surface area (Å²) >= 11 is 3.30. The van der Waals surface area contributed by atoms with Crippen molar-refractivity contribution in [2.24, 2.45) is 0 Å². The molecule has 0 bridgehead atoms. The van der Waals surface area contributed by atoms with E-state index in [9.17, 15) is 18.0 Å². The zero-order valence-corrected chi connectivity index (χ0v) is 15.6. The topological polar surface area (TPSA) is 89.5 Å². The highest BCUT2D eigenvalue weighted by atomic mass is 79.9. The Morgan fingerprint density at radius 3 is 2.26 bits per heavy atom. The Bertz CT molecular complexity index is 655. The van der Waals surface area contributed by atoms with Gasteiger partial charge >= 0.3 is 5.97 Å². The molecule has 1 N–H and O–H groups in total. The van der Waals surface area contributed by atoms with Crippen LogP contribution in [0.25, 0.3) is 0 Å². The number of Topliss-reactive ketones (excluding diaryl/α,β-unsaturated/α-hetero) is 1. The fraction of sp³-hybridized carbons (Fsp3) is 0.467. The van der Waals surface area contributed by atoms with Crippen LogP contribution in [-0.2, 0) is 24.3 Å². The fourth-order valence-corrected chi connectivity index (χ4v) is 2.95. The number of benzene rings is 1. The first kappa shape index (κ1) is 19.8. The summed E-state index contributed by atoms with van der Waals surface area (Å²) < 4.78 is 31.2. The van der Waals surface area contributed by atoms with Crippen molar-refractivity contribution in [2.45, 2.75) is 38.8 Å². The van der Waals surface area contributed by atoms with Gasteiger partial charge in [0.25, 0.3) is 0 Å². The molecule has 0 saturated heterocycles. The maximum absolute atomic E-state index is 12.0. The van der Waals surface area contributed by atoms with Gasteiger partial charge in [-0.25, -0.2) is 13.1 Å². The molecule has 0 radical (unpaired) electrons. The molecule has 0 aliphatic carbocycles. The lowest BCUT2D eigenvalue weighted by Crippen LogP contribution is -2.30. The van der Waals surface area contributed by atoms with Crippen LogP contribution in [0.2, 0.25) is 0 Å². The molecule has 6 nitrogen and oxygen atoms in total. The summed E-state index contributed by atoms with van der Waals surface area (Å²) in [6, 6.07) is 6.21. The van der Waals surface area contributed by atoms with Crippen LogP contribution in [0.3, 0.4) is 0 Å². The molecule has 1 aromatic carbocycles. The molecular formula is C15H20BrNO5S. The van der Waals surface area contributed by atoms with Crippen molar-refractivity contribution in [1.29, 1.82) is 0 Å². The first-order valence-corrected chi connectivity index (χ1v) is 9.69. The third-order valence-electron chi connectivity index (χ3n) is 2.77. The molecule has 1 atom stereocenters. The van der Waals surface area contributed by atoms with Gasteiger partial charge in [-0.3, -0.25) is 9.59 Å². The summed E-state index contributed by atoms with van der Waals surface area (Å²) in [4.78, 5) is 23.6. The average molecular weight is 406 g/mol. The molecular weight excluding hydrogens is 386 g/mol. The maximum Gasteiger partial charge on any atom is 0.313 e. The molecule has 0 aliphatic rings. The Labute approximate surface area is 144 Å². The summed E-state index contributed by atoms with van der Waals surface area (Å²) in [6.07, 6.45) is 0.223. The van der Waals surface area contributed by atoms with Gasteiger partial charge in [-0.05, 0) is 31.5 Å². The van der Waals surface area contributed by atoms with Crippen molar-refractivity contribution < 1.29 is 22.7 Å². The number of ether oxygens (including phenoxy) is 1.